The van der Waals surface area contributed by atoms with Crippen molar-refractivity contribution in [1.82, 2.24) is 10.3 Å². The van der Waals surface area contributed by atoms with Crippen LogP contribution in [-0.4, -0.2) is 17.6 Å². The van der Waals surface area contributed by atoms with Gasteiger partial charge >= 0.3 is 6.09 Å². The summed E-state index contributed by atoms with van der Waals surface area (Å²) in [6.45, 7) is 0.368. The molecule has 2 rings (SSSR count). The van der Waals surface area contributed by atoms with E-state index in [0.29, 0.717) is 11.4 Å². The number of carbonyl (C=O) groups is 1. The van der Waals surface area contributed by atoms with Crippen LogP contribution < -0.4 is 11.1 Å². The van der Waals surface area contributed by atoms with E-state index >= 15 is 0 Å². The molecule has 3 N–H and O–H groups in total. The van der Waals surface area contributed by atoms with Gasteiger partial charge in [-0.3, -0.25) is 0 Å². The Morgan fingerprint density at radius 1 is 1.27 bits per heavy atom. The standard InChI is InChI=1S/C16H14ClN3O2/c17-15-14(18)9-8-13(20-15)7-4-10-19-16(21)22-11-12-5-2-1-3-6-12/h1-3,5-6,8-9H,10-11,18H2,(H,19,21). The molecule has 0 saturated heterocycles. The van der Waals surface area contributed by atoms with Gasteiger partial charge in [-0.15, -0.1) is 0 Å². The zero-order valence-corrected chi connectivity index (χ0v) is 12.4. The summed E-state index contributed by atoms with van der Waals surface area (Å²) in [5, 5.41) is 2.74. The van der Waals surface area contributed by atoms with Gasteiger partial charge < -0.3 is 15.8 Å². The first-order valence-corrected chi connectivity index (χ1v) is 6.88. The quantitative estimate of drug-likeness (QED) is 0.674. The van der Waals surface area contributed by atoms with Crippen molar-refractivity contribution in [2.45, 2.75) is 6.61 Å². The monoisotopic (exact) mass is 315 g/mol. The number of hydrogen-bond donors (Lipinski definition) is 2. The fraction of sp³-hybridized carbons (Fsp3) is 0.125. The van der Waals surface area contributed by atoms with Crippen molar-refractivity contribution in [3.63, 3.8) is 0 Å². The van der Waals surface area contributed by atoms with Gasteiger partial charge in [0.2, 0.25) is 0 Å². The van der Waals surface area contributed by atoms with Gasteiger partial charge in [-0.25, -0.2) is 9.78 Å². The normalized spacial score (nSPS) is 9.50. The lowest BCUT2D eigenvalue weighted by Gasteiger charge is -2.04. The Morgan fingerprint density at radius 3 is 2.77 bits per heavy atom. The predicted octanol–water partition coefficient (Wildman–Crippen LogP) is 2.60. The number of amides is 1. The van der Waals surface area contributed by atoms with E-state index in [4.69, 9.17) is 22.1 Å². The second-order valence-electron chi connectivity index (χ2n) is 4.29. The maximum absolute atomic E-state index is 11.5. The number of nitrogen functional groups attached to an aromatic ring is 1. The zero-order chi connectivity index (χ0) is 15.8. The number of nitrogens with zero attached hydrogens (tertiary/aromatic N) is 1. The third-order valence-corrected chi connectivity index (χ3v) is 2.93. The molecular formula is C16H14ClN3O2. The summed E-state index contributed by atoms with van der Waals surface area (Å²) in [7, 11) is 0. The van der Waals surface area contributed by atoms with E-state index in [-0.39, 0.29) is 18.3 Å². The van der Waals surface area contributed by atoms with Crippen LogP contribution in [0.4, 0.5) is 10.5 Å². The van der Waals surface area contributed by atoms with Gasteiger partial charge in [0.05, 0.1) is 12.2 Å². The minimum absolute atomic E-state index is 0.150. The fourth-order valence-electron chi connectivity index (χ4n) is 1.54. The molecule has 112 valence electrons. The third-order valence-electron chi connectivity index (χ3n) is 2.63. The molecular weight excluding hydrogens is 302 g/mol. The number of pyridine rings is 1. The van der Waals surface area contributed by atoms with Crippen LogP contribution in [0.5, 0.6) is 0 Å². The van der Waals surface area contributed by atoms with Crippen molar-refractivity contribution < 1.29 is 9.53 Å². The number of nitrogens with two attached hydrogens (primary N) is 1. The Bertz CT molecular complexity index is 708. The van der Waals surface area contributed by atoms with E-state index in [0.717, 1.165) is 5.56 Å². The Hall–Kier alpha value is -2.71. The molecule has 1 heterocycles. The minimum atomic E-state index is -0.526. The van der Waals surface area contributed by atoms with Gasteiger partial charge in [0.25, 0.3) is 0 Å². The average Bonchev–Trinajstić information content (AvgIpc) is 2.54. The molecule has 6 heteroatoms. The lowest BCUT2D eigenvalue weighted by molar-refractivity contribution is 0.141. The summed E-state index contributed by atoms with van der Waals surface area (Å²) in [4.78, 5) is 15.5. The van der Waals surface area contributed by atoms with Gasteiger partial charge in [-0.1, -0.05) is 47.9 Å². The lowest BCUT2D eigenvalue weighted by Crippen LogP contribution is -2.24. The maximum Gasteiger partial charge on any atom is 0.408 e. The topological polar surface area (TPSA) is 77.2 Å². The van der Waals surface area contributed by atoms with Gasteiger partial charge in [0, 0.05) is 0 Å². The fourth-order valence-corrected chi connectivity index (χ4v) is 1.69. The number of nitrogens with one attached hydrogen (secondary N) is 1. The Morgan fingerprint density at radius 2 is 2.05 bits per heavy atom. The lowest BCUT2D eigenvalue weighted by atomic mass is 10.2. The van der Waals surface area contributed by atoms with Crippen molar-refractivity contribution >= 4 is 23.4 Å². The Labute approximate surface area is 133 Å². The van der Waals surface area contributed by atoms with Crippen LogP contribution >= 0.6 is 11.6 Å². The number of carbonyl (C=O) groups excluding carboxylic acids is 1. The third kappa shape index (κ3) is 5.00. The number of hydrogen-bond acceptors (Lipinski definition) is 4. The molecule has 0 radical (unpaired) electrons. The van der Waals surface area contributed by atoms with Gasteiger partial charge in [0.1, 0.15) is 12.3 Å². The highest BCUT2D eigenvalue weighted by molar-refractivity contribution is 6.31. The highest BCUT2D eigenvalue weighted by Gasteiger charge is 2.00. The Kier molecular flexibility index (Phi) is 5.64. The highest BCUT2D eigenvalue weighted by Crippen LogP contribution is 2.14. The summed E-state index contributed by atoms with van der Waals surface area (Å²) in [5.74, 6) is 5.52. The molecule has 0 bridgehead atoms. The zero-order valence-electron chi connectivity index (χ0n) is 11.7. The number of benzene rings is 1. The van der Waals surface area contributed by atoms with Crippen molar-refractivity contribution in [3.8, 4) is 11.8 Å². The second-order valence-corrected chi connectivity index (χ2v) is 4.65. The van der Waals surface area contributed by atoms with Gasteiger partial charge in [-0.2, -0.15) is 0 Å². The first-order chi connectivity index (χ1) is 10.6. The first-order valence-electron chi connectivity index (χ1n) is 6.50. The number of halogens is 1. The smallest absolute Gasteiger partial charge is 0.408 e. The SMILES string of the molecule is Nc1ccc(C#CCNC(=O)OCc2ccccc2)nc1Cl. The molecule has 1 aromatic heterocycles. The molecule has 0 aliphatic heterocycles. The molecule has 1 aromatic carbocycles. The van der Waals surface area contributed by atoms with Crippen LogP contribution in [0.3, 0.4) is 0 Å². The summed E-state index contributed by atoms with van der Waals surface area (Å²) >= 11 is 5.78. The van der Waals surface area contributed by atoms with Crippen LogP contribution in [0.1, 0.15) is 11.3 Å². The number of alkyl carbamates (subject to hydrolysis) is 1. The molecule has 0 aliphatic rings. The van der Waals surface area contributed by atoms with Crippen LogP contribution in [-0.2, 0) is 11.3 Å². The maximum atomic E-state index is 11.5. The molecule has 2 aromatic rings. The molecule has 5 nitrogen and oxygen atoms in total. The largest absolute Gasteiger partial charge is 0.445 e. The molecule has 0 unspecified atom stereocenters. The molecule has 0 spiro atoms. The summed E-state index contributed by atoms with van der Waals surface area (Å²) in [6, 6.07) is 12.7. The number of ether oxygens (including phenoxy) is 1. The summed E-state index contributed by atoms with van der Waals surface area (Å²) < 4.78 is 5.04. The summed E-state index contributed by atoms with van der Waals surface area (Å²) in [5.41, 5.74) is 7.35. The van der Waals surface area contributed by atoms with Gasteiger partial charge in [0.15, 0.2) is 5.15 Å². The van der Waals surface area contributed by atoms with Crippen molar-refractivity contribution in [2.24, 2.45) is 0 Å². The average molecular weight is 316 g/mol. The molecule has 0 atom stereocenters. The predicted molar refractivity (Wildman–Crippen MR) is 85.2 cm³/mol. The molecule has 22 heavy (non-hydrogen) atoms. The number of rotatable bonds is 3. The van der Waals surface area contributed by atoms with E-state index < -0.39 is 6.09 Å². The molecule has 1 amide bonds. The van der Waals surface area contributed by atoms with Crippen LogP contribution in [0, 0.1) is 11.8 Å². The number of aromatic nitrogens is 1. The van der Waals surface area contributed by atoms with Crippen molar-refractivity contribution in [1.29, 1.82) is 0 Å². The van der Waals surface area contributed by atoms with E-state index in [2.05, 4.69) is 22.1 Å². The first kappa shape index (κ1) is 15.7. The van der Waals surface area contributed by atoms with Crippen molar-refractivity contribution in [3.05, 3.63) is 58.9 Å². The van der Waals surface area contributed by atoms with E-state index in [1.807, 2.05) is 30.3 Å². The number of anilines is 1. The van der Waals surface area contributed by atoms with Crippen LogP contribution in [0.25, 0.3) is 0 Å². The van der Waals surface area contributed by atoms with Crippen LogP contribution in [0.2, 0.25) is 5.15 Å². The van der Waals surface area contributed by atoms with E-state index in [9.17, 15) is 4.79 Å². The minimum Gasteiger partial charge on any atom is -0.445 e. The summed E-state index contributed by atoms with van der Waals surface area (Å²) in [6.07, 6.45) is -0.526. The van der Waals surface area contributed by atoms with Crippen molar-refractivity contribution in [2.75, 3.05) is 12.3 Å². The van der Waals surface area contributed by atoms with E-state index in [1.54, 1.807) is 12.1 Å². The molecule has 0 aliphatic carbocycles. The second kappa shape index (κ2) is 7.91. The highest BCUT2D eigenvalue weighted by atomic mass is 35.5. The van der Waals surface area contributed by atoms with Gasteiger partial charge in [-0.05, 0) is 23.6 Å². The van der Waals surface area contributed by atoms with Crippen LogP contribution in [0.15, 0.2) is 42.5 Å². The van der Waals surface area contributed by atoms with E-state index in [1.165, 1.54) is 0 Å². The molecule has 0 saturated carbocycles. The Balaban J connectivity index is 1.75. The molecule has 0 fully saturated rings.